The first-order chi connectivity index (χ1) is 20.5. The fourth-order valence-corrected chi connectivity index (χ4v) is 7.16. The molecule has 0 saturated heterocycles. The first kappa shape index (κ1) is 24.9. The maximum atomic E-state index is 5.13. The van der Waals surface area contributed by atoms with Gasteiger partial charge in [-0.05, 0) is 40.8 Å². The van der Waals surface area contributed by atoms with Gasteiger partial charge in [0.05, 0.1) is 11.0 Å². The molecule has 2 aliphatic rings. The van der Waals surface area contributed by atoms with Gasteiger partial charge in [-0.3, -0.25) is 4.57 Å². The number of aromatic nitrogens is 4. The molecule has 4 aromatic carbocycles. The molecule has 4 nitrogen and oxygen atoms in total. The molecule has 6 aromatic rings. The number of hydrogen-bond donors (Lipinski definition) is 0. The average molecular weight is 545 g/mol. The van der Waals surface area contributed by atoms with Crippen LogP contribution in [0.1, 0.15) is 49.2 Å². The summed E-state index contributed by atoms with van der Waals surface area (Å²) in [6, 6.07) is 34.2. The number of hydrogen-bond acceptors (Lipinski definition) is 3. The summed E-state index contributed by atoms with van der Waals surface area (Å²) >= 11 is 0. The van der Waals surface area contributed by atoms with Crippen LogP contribution in [0.15, 0.2) is 121 Å². The first-order valence-electron chi connectivity index (χ1n) is 14.8. The SMILES string of the molecule is CC1C=CC=C2[C@H]1c1cc3c4ccccc4n(-c4nc(Cc5ccccc5)nc(-c5ccccc5)n4)c3cc1C2(C)C. The van der Waals surface area contributed by atoms with Crippen LogP contribution in [0.25, 0.3) is 39.1 Å². The predicted molar refractivity (Wildman–Crippen MR) is 171 cm³/mol. The largest absolute Gasteiger partial charge is 0.278 e. The molecule has 0 spiro atoms. The summed E-state index contributed by atoms with van der Waals surface area (Å²) in [5, 5.41) is 2.46. The van der Waals surface area contributed by atoms with Crippen molar-refractivity contribution in [1.29, 1.82) is 0 Å². The molecule has 0 fully saturated rings. The Hall–Kier alpha value is -4.83. The number of para-hydroxylation sites is 1. The van der Waals surface area contributed by atoms with Crippen molar-refractivity contribution >= 4 is 21.8 Å². The van der Waals surface area contributed by atoms with Crippen LogP contribution >= 0.6 is 0 Å². The van der Waals surface area contributed by atoms with Crippen LogP contribution in [0, 0.1) is 5.92 Å². The van der Waals surface area contributed by atoms with Crippen molar-refractivity contribution in [2.24, 2.45) is 5.92 Å². The Bertz CT molecular complexity index is 2050. The van der Waals surface area contributed by atoms with E-state index >= 15 is 0 Å². The van der Waals surface area contributed by atoms with Gasteiger partial charge in [-0.15, -0.1) is 0 Å². The molecule has 0 amide bonds. The van der Waals surface area contributed by atoms with Crippen LogP contribution in [0.3, 0.4) is 0 Å². The lowest BCUT2D eigenvalue weighted by atomic mass is 9.76. The van der Waals surface area contributed by atoms with E-state index < -0.39 is 0 Å². The summed E-state index contributed by atoms with van der Waals surface area (Å²) in [6.07, 6.45) is 7.56. The smallest absolute Gasteiger partial charge is 0.238 e. The van der Waals surface area contributed by atoms with Crippen molar-refractivity contribution in [2.45, 2.75) is 38.5 Å². The van der Waals surface area contributed by atoms with Crippen LogP contribution in [0.5, 0.6) is 0 Å². The zero-order chi connectivity index (χ0) is 28.4. The highest BCUT2D eigenvalue weighted by Crippen LogP contribution is 2.55. The second-order valence-corrected chi connectivity index (χ2v) is 12.2. The third-order valence-corrected chi connectivity index (χ3v) is 9.23. The Labute approximate surface area is 246 Å². The first-order valence-corrected chi connectivity index (χ1v) is 14.8. The third-order valence-electron chi connectivity index (χ3n) is 9.23. The van der Waals surface area contributed by atoms with Crippen molar-refractivity contribution in [3.8, 4) is 17.3 Å². The molecule has 2 atom stereocenters. The van der Waals surface area contributed by atoms with Crippen molar-refractivity contribution in [1.82, 2.24) is 19.5 Å². The highest BCUT2D eigenvalue weighted by atomic mass is 15.2. The van der Waals surface area contributed by atoms with E-state index in [0.29, 0.717) is 30.0 Å². The summed E-state index contributed by atoms with van der Waals surface area (Å²) in [5.74, 6) is 2.98. The van der Waals surface area contributed by atoms with Gasteiger partial charge in [-0.2, -0.15) is 9.97 Å². The molecular weight excluding hydrogens is 512 g/mol. The van der Waals surface area contributed by atoms with Gasteiger partial charge >= 0.3 is 0 Å². The van der Waals surface area contributed by atoms with E-state index in [1.54, 1.807) is 0 Å². The molecule has 1 unspecified atom stereocenters. The highest BCUT2D eigenvalue weighted by Gasteiger charge is 2.44. The standard InChI is InChI=1S/C38H32N4/c1-24-13-12-19-30-35(24)29-22-28-27-18-10-11-20-32(27)42(33(28)23-31(29)38(30,2)3)37-40-34(21-25-14-6-4-7-15-25)39-36(41-37)26-16-8-5-9-17-26/h4-20,22-24,35H,21H2,1-3H3/t24?,35-/m1/s1. The van der Waals surface area contributed by atoms with Crippen LogP contribution in [-0.4, -0.2) is 19.5 Å². The zero-order valence-electron chi connectivity index (χ0n) is 24.1. The van der Waals surface area contributed by atoms with Crippen LogP contribution < -0.4 is 0 Å². The van der Waals surface area contributed by atoms with E-state index in [0.717, 1.165) is 22.4 Å². The molecule has 8 rings (SSSR count). The van der Waals surface area contributed by atoms with E-state index in [9.17, 15) is 0 Å². The summed E-state index contributed by atoms with van der Waals surface area (Å²) < 4.78 is 2.25. The lowest BCUT2D eigenvalue weighted by Crippen LogP contribution is -2.19. The predicted octanol–water partition coefficient (Wildman–Crippen LogP) is 8.73. The molecule has 4 heteroatoms. The Morgan fingerprint density at radius 3 is 2.31 bits per heavy atom. The van der Waals surface area contributed by atoms with Gasteiger partial charge in [-0.25, -0.2) is 4.98 Å². The summed E-state index contributed by atoms with van der Waals surface area (Å²) in [5.41, 5.74) is 8.70. The van der Waals surface area contributed by atoms with E-state index in [4.69, 9.17) is 15.0 Å². The number of benzene rings is 4. The number of fused-ring (bicyclic) bond motifs is 6. The van der Waals surface area contributed by atoms with Crippen LogP contribution in [-0.2, 0) is 11.8 Å². The molecule has 42 heavy (non-hydrogen) atoms. The second kappa shape index (κ2) is 9.35. The minimum absolute atomic E-state index is 0.0543. The average Bonchev–Trinajstić information content (AvgIpc) is 3.46. The van der Waals surface area contributed by atoms with Crippen LogP contribution in [0.4, 0.5) is 0 Å². The monoisotopic (exact) mass is 544 g/mol. The molecule has 0 radical (unpaired) electrons. The molecular formula is C38H32N4. The normalized spacial score (nSPS) is 18.7. The fourth-order valence-electron chi connectivity index (χ4n) is 7.16. The second-order valence-electron chi connectivity index (χ2n) is 12.2. The van der Waals surface area contributed by atoms with E-state index in [-0.39, 0.29) is 5.41 Å². The highest BCUT2D eigenvalue weighted by molar-refractivity contribution is 6.09. The molecule has 204 valence electrons. The van der Waals surface area contributed by atoms with Gasteiger partial charge in [0.15, 0.2) is 5.82 Å². The Morgan fingerprint density at radius 1 is 0.762 bits per heavy atom. The summed E-state index contributed by atoms with van der Waals surface area (Å²) in [6.45, 7) is 7.09. The van der Waals surface area contributed by atoms with Gasteiger partial charge in [0, 0.05) is 34.1 Å². The third kappa shape index (κ3) is 3.78. The summed E-state index contributed by atoms with van der Waals surface area (Å²) in [4.78, 5) is 15.2. The molecule has 2 aromatic heterocycles. The summed E-state index contributed by atoms with van der Waals surface area (Å²) in [7, 11) is 0. The molecule has 0 aliphatic heterocycles. The quantitative estimate of drug-likeness (QED) is 0.223. The molecule has 0 N–H and O–H groups in total. The molecule has 2 aliphatic carbocycles. The molecule has 0 saturated carbocycles. The molecule has 2 heterocycles. The minimum atomic E-state index is -0.0543. The lowest BCUT2D eigenvalue weighted by Gasteiger charge is -2.28. The fraction of sp³-hybridized carbons (Fsp3) is 0.184. The van der Waals surface area contributed by atoms with E-state index in [1.807, 2.05) is 24.3 Å². The van der Waals surface area contributed by atoms with Gasteiger partial charge in [0.2, 0.25) is 5.95 Å². The molecule has 0 bridgehead atoms. The van der Waals surface area contributed by atoms with Gasteiger partial charge in [0.25, 0.3) is 0 Å². The van der Waals surface area contributed by atoms with Gasteiger partial charge in [0.1, 0.15) is 5.82 Å². The maximum absolute atomic E-state index is 5.13. The van der Waals surface area contributed by atoms with Gasteiger partial charge < -0.3 is 0 Å². The van der Waals surface area contributed by atoms with Crippen molar-refractivity contribution in [2.75, 3.05) is 0 Å². The van der Waals surface area contributed by atoms with Crippen molar-refractivity contribution in [3.05, 3.63) is 143 Å². The van der Waals surface area contributed by atoms with Crippen molar-refractivity contribution < 1.29 is 0 Å². The van der Waals surface area contributed by atoms with E-state index in [1.165, 1.54) is 33.0 Å². The van der Waals surface area contributed by atoms with Gasteiger partial charge in [-0.1, -0.05) is 123 Å². The topological polar surface area (TPSA) is 43.6 Å². The lowest BCUT2D eigenvalue weighted by molar-refractivity contribution is 0.551. The zero-order valence-corrected chi connectivity index (χ0v) is 24.1. The Kier molecular flexibility index (Phi) is 5.55. The number of allylic oxidation sites excluding steroid dienone is 4. The maximum Gasteiger partial charge on any atom is 0.238 e. The van der Waals surface area contributed by atoms with E-state index in [2.05, 4.69) is 116 Å². The Morgan fingerprint density at radius 2 is 1.50 bits per heavy atom. The minimum Gasteiger partial charge on any atom is -0.278 e. The number of nitrogens with zero attached hydrogens (tertiary/aromatic N) is 4. The number of rotatable bonds is 4. The van der Waals surface area contributed by atoms with Crippen LogP contribution in [0.2, 0.25) is 0 Å². The van der Waals surface area contributed by atoms with Crippen molar-refractivity contribution in [3.63, 3.8) is 0 Å². The Balaban J connectivity index is 1.40.